The fourth-order valence-electron chi connectivity index (χ4n) is 2.29. The summed E-state index contributed by atoms with van der Waals surface area (Å²) in [5.74, 6) is -0.642. The molecule has 22 heavy (non-hydrogen) atoms. The zero-order valence-electron chi connectivity index (χ0n) is 11.6. The second kappa shape index (κ2) is 5.63. The number of oxazole rings is 1. The number of carboxylic acids is 1. The van der Waals surface area contributed by atoms with Gasteiger partial charge in [0.2, 0.25) is 5.89 Å². The monoisotopic (exact) mass is 335 g/mol. The highest BCUT2D eigenvalue weighted by Gasteiger charge is 2.15. The van der Waals surface area contributed by atoms with E-state index >= 15 is 0 Å². The zero-order valence-corrected chi connectivity index (χ0v) is 13.1. The van der Waals surface area contributed by atoms with Crippen LogP contribution >= 0.6 is 23.2 Å². The molecule has 0 aliphatic heterocycles. The van der Waals surface area contributed by atoms with E-state index in [-0.39, 0.29) is 5.56 Å². The lowest BCUT2D eigenvalue weighted by Gasteiger charge is -1.99. The largest absolute Gasteiger partial charge is 0.478 e. The number of aromatic nitrogens is 1. The van der Waals surface area contributed by atoms with Crippen LogP contribution in [0.1, 0.15) is 22.8 Å². The Labute approximate surface area is 136 Å². The summed E-state index contributed by atoms with van der Waals surface area (Å²) in [6, 6.07) is 8.10. The molecule has 0 saturated heterocycles. The highest BCUT2D eigenvalue weighted by atomic mass is 35.5. The maximum absolute atomic E-state index is 11.2. The topological polar surface area (TPSA) is 63.3 Å². The number of aryl methyl sites for hydroxylation is 1. The van der Waals surface area contributed by atoms with E-state index in [2.05, 4.69) is 4.98 Å². The van der Waals surface area contributed by atoms with Crippen LogP contribution in [0.2, 0.25) is 10.0 Å². The number of rotatable bonds is 3. The van der Waals surface area contributed by atoms with Gasteiger partial charge in [-0.05, 0) is 42.3 Å². The predicted molar refractivity (Wildman–Crippen MR) is 85.8 cm³/mol. The average Bonchev–Trinajstić information content (AvgIpc) is 2.89. The number of benzene rings is 2. The van der Waals surface area contributed by atoms with Crippen molar-refractivity contribution in [1.82, 2.24) is 4.98 Å². The lowest BCUT2D eigenvalue weighted by atomic mass is 10.1. The van der Waals surface area contributed by atoms with Gasteiger partial charge >= 0.3 is 5.97 Å². The Morgan fingerprint density at radius 3 is 2.45 bits per heavy atom. The molecule has 1 aromatic heterocycles. The predicted octanol–water partition coefficient (Wildman–Crippen LogP) is 5.06. The summed E-state index contributed by atoms with van der Waals surface area (Å²) in [6.07, 6.45) is 0.653. The third kappa shape index (κ3) is 2.67. The first-order chi connectivity index (χ1) is 10.5. The normalized spacial score (nSPS) is 11.0. The number of nitrogens with zero attached hydrogens (tertiary/aromatic N) is 1. The van der Waals surface area contributed by atoms with Crippen LogP contribution < -0.4 is 0 Å². The van der Waals surface area contributed by atoms with Crippen molar-refractivity contribution in [3.8, 4) is 11.5 Å². The van der Waals surface area contributed by atoms with E-state index in [4.69, 9.17) is 32.7 Å². The van der Waals surface area contributed by atoms with Gasteiger partial charge in [-0.2, -0.15) is 0 Å². The van der Waals surface area contributed by atoms with Gasteiger partial charge in [-0.3, -0.25) is 0 Å². The van der Waals surface area contributed by atoms with Crippen molar-refractivity contribution in [2.75, 3.05) is 0 Å². The molecule has 0 unspecified atom stereocenters. The van der Waals surface area contributed by atoms with E-state index in [9.17, 15) is 4.79 Å². The zero-order chi connectivity index (χ0) is 15.9. The van der Waals surface area contributed by atoms with Crippen LogP contribution in [0.5, 0.6) is 0 Å². The minimum atomic E-state index is -1.000. The summed E-state index contributed by atoms with van der Waals surface area (Å²) in [5.41, 5.74) is 2.73. The molecule has 0 fully saturated rings. The first-order valence-electron chi connectivity index (χ1n) is 6.61. The summed E-state index contributed by atoms with van der Waals surface area (Å²) in [6.45, 7) is 1.94. The molecule has 112 valence electrons. The first-order valence-corrected chi connectivity index (χ1v) is 7.36. The van der Waals surface area contributed by atoms with Crippen LogP contribution in [0.25, 0.3) is 22.6 Å². The summed E-state index contributed by atoms with van der Waals surface area (Å²) in [5, 5.41) is 10.1. The third-order valence-electron chi connectivity index (χ3n) is 3.31. The summed E-state index contributed by atoms with van der Waals surface area (Å²) < 4.78 is 5.71. The van der Waals surface area contributed by atoms with Crippen LogP contribution in [0.3, 0.4) is 0 Å². The maximum atomic E-state index is 11.2. The van der Waals surface area contributed by atoms with Crippen molar-refractivity contribution >= 4 is 40.3 Å². The molecular weight excluding hydrogens is 325 g/mol. The van der Waals surface area contributed by atoms with Gasteiger partial charge in [-0.1, -0.05) is 30.1 Å². The van der Waals surface area contributed by atoms with Crippen molar-refractivity contribution < 1.29 is 14.3 Å². The molecule has 4 nitrogen and oxygen atoms in total. The van der Waals surface area contributed by atoms with Crippen LogP contribution in [-0.2, 0) is 6.42 Å². The molecule has 0 radical (unpaired) electrons. The minimum Gasteiger partial charge on any atom is -0.478 e. The third-order valence-corrected chi connectivity index (χ3v) is 3.75. The van der Waals surface area contributed by atoms with Gasteiger partial charge in [0.25, 0.3) is 0 Å². The quantitative estimate of drug-likeness (QED) is 0.726. The van der Waals surface area contributed by atoms with Crippen LogP contribution in [0.4, 0.5) is 0 Å². The SMILES string of the molecule is CCc1cc(C(=O)O)cc2oc(-c3cc(Cl)cc(Cl)c3)nc12. The maximum Gasteiger partial charge on any atom is 0.335 e. The highest BCUT2D eigenvalue weighted by Crippen LogP contribution is 2.31. The molecule has 0 aliphatic carbocycles. The van der Waals surface area contributed by atoms with Crippen molar-refractivity contribution in [2.45, 2.75) is 13.3 Å². The number of fused-ring (bicyclic) bond motifs is 1. The number of aromatic carboxylic acids is 1. The number of carbonyl (C=O) groups is 1. The Balaban J connectivity index is 2.22. The summed E-state index contributed by atoms with van der Waals surface area (Å²) in [7, 11) is 0. The second-order valence-corrected chi connectivity index (χ2v) is 5.69. The van der Waals surface area contributed by atoms with Crippen LogP contribution in [0.15, 0.2) is 34.7 Å². The Morgan fingerprint density at radius 2 is 1.86 bits per heavy atom. The van der Waals surface area contributed by atoms with Gasteiger partial charge in [0, 0.05) is 15.6 Å². The molecule has 3 rings (SSSR count). The molecule has 1 heterocycles. The molecule has 0 spiro atoms. The van der Waals surface area contributed by atoms with Gasteiger partial charge in [-0.15, -0.1) is 0 Å². The Morgan fingerprint density at radius 1 is 1.18 bits per heavy atom. The number of carboxylic acid groups (broad SMARTS) is 1. The highest BCUT2D eigenvalue weighted by molar-refractivity contribution is 6.35. The Hall–Kier alpha value is -2.04. The summed E-state index contributed by atoms with van der Waals surface area (Å²) in [4.78, 5) is 15.6. The molecule has 1 N–H and O–H groups in total. The van der Waals surface area contributed by atoms with E-state index in [1.54, 1.807) is 24.3 Å². The molecule has 0 saturated carbocycles. The van der Waals surface area contributed by atoms with Gasteiger partial charge in [0.1, 0.15) is 5.52 Å². The second-order valence-electron chi connectivity index (χ2n) is 4.82. The lowest BCUT2D eigenvalue weighted by Crippen LogP contribution is -1.97. The molecular formula is C16H11Cl2NO3. The van der Waals surface area contributed by atoms with E-state index in [1.165, 1.54) is 6.07 Å². The summed E-state index contributed by atoms with van der Waals surface area (Å²) >= 11 is 12.0. The van der Waals surface area contributed by atoms with Gasteiger partial charge in [-0.25, -0.2) is 9.78 Å². The minimum absolute atomic E-state index is 0.177. The molecule has 0 atom stereocenters. The van der Waals surface area contributed by atoms with Crippen molar-refractivity contribution in [3.63, 3.8) is 0 Å². The fourth-order valence-corrected chi connectivity index (χ4v) is 2.82. The van der Waals surface area contributed by atoms with Crippen molar-refractivity contribution in [2.24, 2.45) is 0 Å². The first kappa shape index (κ1) is 14.9. The standard InChI is InChI=1S/C16H11Cl2NO3/c1-2-8-3-10(16(20)21)6-13-14(8)19-15(22-13)9-4-11(17)7-12(18)5-9/h3-7H,2H2,1H3,(H,20,21). The Bertz CT molecular complexity index is 866. The van der Waals surface area contributed by atoms with Gasteiger partial charge < -0.3 is 9.52 Å². The van der Waals surface area contributed by atoms with Crippen LogP contribution in [-0.4, -0.2) is 16.1 Å². The number of hydrogen-bond acceptors (Lipinski definition) is 3. The van der Waals surface area contributed by atoms with E-state index < -0.39 is 5.97 Å². The van der Waals surface area contributed by atoms with Crippen LogP contribution in [0, 0.1) is 0 Å². The molecule has 0 amide bonds. The van der Waals surface area contributed by atoms with E-state index in [1.807, 2.05) is 6.92 Å². The smallest absolute Gasteiger partial charge is 0.335 e. The van der Waals surface area contributed by atoms with Gasteiger partial charge in [0.05, 0.1) is 5.56 Å². The number of hydrogen-bond donors (Lipinski definition) is 1. The average molecular weight is 336 g/mol. The molecule has 6 heteroatoms. The number of halogens is 2. The van der Waals surface area contributed by atoms with E-state index in [0.29, 0.717) is 39.0 Å². The lowest BCUT2D eigenvalue weighted by molar-refractivity contribution is 0.0697. The van der Waals surface area contributed by atoms with Crippen molar-refractivity contribution in [3.05, 3.63) is 51.5 Å². The Kier molecular flexibility index (Phi) is 3.81. The molecule has 3 aromatic rings. The van der Waals surface area contributed by atoms with Gasteiger partial charge in [0.15, 0.2) is 5.58 Å². The molecule has 2 aromatic carbocycles. The fraction of sp³-hybridized carbons (Fsp3) is 0.125. The molecule has 0 aliphatic rings. The van der Waals surface area contributed by atoms with Crippen molar-refractivity contribution in [1.29, 1.82) is 0 Å². The molecule has 0 bridgehead atoms. The van der Waals surface area contributed by atoms with E-state index in [0.717, 1.165) is 5.56 Å².